The van der Waals surface area contributed by atoms with E-state index in [1.807, 2.05) is 0 Å². The van der Waals surface area contributed by atoms with Crippen LogP contribution in [0.3, 0.4) is 0 Å². The molecule has 0 heterocycles. The smallest absolute Gasteiger partial charge is 0.328 e. The Morgan fingerprint density at radius 3 is 2.27 bits per heavy atom. The van der Waals surface area contributed by atoms with Gasteiger partial charge in [-0.15, -0.1) is 0 Å². The van der Waals surface area contributed by atoms with Crippen molar-refractivity contribution in [2.24, 2.45) is 5.92 Å². The first-order valence-electron chi connectivity index (χ1n) is 8.05. The van der Waals surface area contributed by atoms with E-state index >= 15 is 0 Å². The third-order valence-corrected chi connectivity index (χ3v) is 4.00. The number of carboxylic acids is 1. The fraction of sp³-hybridized carbons (Fsp3) is 0.529. The molecule has 9 heteroatoms. The molecule has 1 aromatic carbocycles. The minimum Gasteiger partial charge on any atom is -0.480 e. The van der Waals surface area contributed by atoms with Crippen molar-refractivity contribution in [3.05, 3.63) is 39.4 Å². The summed E-state index contributed by atoms with van der Waals surface area (Å²) in [7, 11) is 0. The first-order chi connectivity index (χ1) is 12.0. The molecule has 7 nitrogen and oxygen atoms in total. The van der Waals surface area contributed by atoms with Gasteiger partial charge < -0.3 is 9.84 Å². The third kappa shape index (κ3) is 4.14. The van der Waals surface area contributed by atoms with Crippen LogP contribution in [-0.4, -0.2) is 28.1 Å². The molecule has 2 atom stereocenters. The lowest BCUT2D eigenvalue weighted by Gasteiger charge is -2.30. The summed E-state index contributed by atoms with van der Waals surface area (Å²) in [4.78, 5) is 34.3. The van der Waals surface area contributed by atoms with E-state index in [9.17, 15) is 33.6 Å². The number of carbonyl (C=O) groups is 2. The van der Waals surface area contributed by atoms with Crippen molar-refractivity contribution in [3.63, 3.8) is 0 Å². The third-order valence-electron chi connectivity index (χ3n) is 4.00. The molecule has 1 aromatic rings. The maximum Gasteiger partial charge on any atom is 0.328 e. The summed E-state index contributed by atoms with van der Waals surface area (Å²) < 4.78 is 33.7. The second-order valence-electron chi connectivity index (χ2n) is 6.47. The van der Waals surface area contributed by atoms with Crippen LogP contribution >= 0.6 is 0 Å². The number of esters is 1. The molecule has 0 bridgehead atoms. The van der Waals surface area contributed by atoms with Crippen molar-refractivity contribution in [1.82, 2.24) is 0 Å². The molecule has 0 radical (unpaired) electrons. The van der Waals surface area contributed by atoms with Gasteiger partial charge in [-0.1, -0.05) is 20.8 Å². The van der Waals surface area contributed by atoms with Gasteiger partial charge in [-0.2, -0.15) is 4.39 Å². The Bertz CT molecular complexity index is 721. The molecular formula is C17H21F2NO6. The van der Waals surface area contributed by atoms with Crippen molar-refractivity contribution in [2.75, 3.05) is 0 Å². The van der Waals surface area contributed by atoms with Gasteiger partial charge >= 0.3 is 17.6 Å². The summed E-state index contributed by atoms with van der Waals surface area (Å²) in [5.41, 5.74) is -4.46. The maximum absolute atomic E-state index is 14.5. The van der Waals surface area contributed by atoms with Gasteiger partial charge in [0.1, 0.15) is 5.82 Å². The second-order valence-corrected chi connectivity index (χ2v) is 6.47. The first kappa shape index (κ1) is 21.5. The van der Waals surface area contributed by atoms with Gasteiger partial charge in [0.05, 0.1) is 17.1 Å². The molecule has 26 heavy (non-hydrogen) atoms. The quantitative estimate of drug-likeness (QED) is 0.323. The van der Waals surface area contributed by atoms with E-state index in [0.29, 0.717) is 12.5 Å². The number of hydrogen-bond donors (Lipinski definition) is 1. The minimum absolute atomic E-state index is 0.277. The SMILES string of the molecule is CCC(C)OC(=O)C(CC(C)C)(C(=O)O)c1cc(F)c([N+](=O)[O-])cc1F. The lowest BCUT2D eigenvalue weighted by molar-refractivity contribution is -0.387. The predicted octanol–water partition coefficient (Wildman–Crippen LogP) is 3.58. The molecule has 0 aromatic heterocycles. The molecule has 0 aliphatic carbocycles. The number of nitrogens with zero attached hydrogens (tertiary/aromatic N) is 1. The van der Waals surface area contributed by atoms with E-state index in [4.69, 9.17) is 4.74 Å². The topological polar surface area (TPSA) is 107 Å². The number of halogens is 2. The average Bonchev–Trinajstić information content (AvgIpc) is 2.53. The molecule has 0 amide bonds. The van der Waals surface area contributed by atoms with Gasteiger partial charge in [0.2, 0.25) is 5.82 Å². The van der Waals surface area contributed by atoms with Crippen LogP contribution in [0, 0.1) is 27.7 Å². The summed E-state index contributed by atoms with van der Waals surface area (Å²) in [6.45, 7) is 6.45. The highest BCUT2D eigenvalue weighted by Gasteiger charge is 2.52. The minimum atomic E-state index is -2.52. The van der Waals surface area contributed by atoms with Crippen LogP contribution in [-0.2, 0) is 19.7 Å². The highest BCUT2D eigenvalue weighted by molar-refractivity contribution is 6.05. The van der Waals surface area contributed by atoms with Crippen molar-refractivity contribution in [1.29, 1.82) is 0 Å². The van der Waals surface area contributed by atoms with Crippen LogP contribution in [0.1, 0.15) is 46.1 Å². The van der Waals surface area contributed by atoms with Crippen LogP contribution in [0.5, 0.6) is 0 Å². The summed E-state index contributed by atoms with van der Waals surface area (Å²) in [5.74, 6) is -6.14. The summed E-state index contributed by atoms with van der Waals surface area (Å²) in [6, 6.07) is 0.668. The Morgan fingerprint density at radius 2 is 1.85 bits per heavy atom. The highest BCUT2D eigenvalue weighted by atomic mass is 19.1. The highest BCUT2D eigenvalue weighted by Crippen LogP contribution is 2.38. The van der Waals surface area contributed by atoms with Crippen molar-refractivity contribution < 1.29 is 33.1 Å². The van der Waals surface area contributed by atoms with Gasteiger partial charge in [0.15, 0.2) is 5.41 Å². The van der Waals surface area contributed by atoms with Crippen LogP contribution in [0.25, 0.3) is 0 Å². The largest absolute Gasteiger partial charge is 0.480 e. The lowest BCUT2D eigenvalue weighted by Crippen LogP contribution is -2.47. The zero-order valence-electron chi connectivity index (χ0n) is 14.9. The summed E-state index contributed by atoms with van der Waals surface area (Å²) in [6.07, 6.45) is -0.620. The molecule has 0 fully saturated rings. The zero-order chi connectivity index (χ0) is 20.2. The predicted molar refractivity (Wildman–Crippen MR) is 87.6 cm³/mol. The number of rotatable bonds is 8. The second kappa shape index (κ2) is 8.20. The Kier molecular flexibility index (Phi) is 6.77. The average molecular weight is 373 g/mol. The van der Waals surface area contributed by atoms with E-state index in [0.717, 1.165) is 0 Å². The maximum atomic E-state index is 14.5. The first-order valence-corrected chi connectivity index (χ1v) is 8.05. The van der Waals surface area contributed by atoms with E-state index in [1.54, 1.807) is 20.8 Å². The fourth-order valence-electron chi connectivity index (χ4n) is 2.58. The number of nitro groups is 1. The molecule has 1 rings (SSSR count). The van der Waals surface area contributed by atoms with Gasteiger partial charge in [-0.05, 0) is 31.7 Å². The van der Waals surface area contributed by atoms with E-state index in [1.165, 1.54) is 6.92 Å². The number of carboxylic acid groups (broad SMARTS) is 1. The van der Waals surface area contributed by atoms with Gasteiger partial charge in [0.25, 0.3) is 0 Å². The molecule has 1 N–H and O–H groups in total. The molecule has 0 saturated carbocycles. The number of benzene rings is 1. The van der Waals surface area contributed by atoms with Crippen LogP contribution in [0.4, 0.5) is 14.5 Å². The number of nitro benzene ring substituents is 1. The summed E-state index contributed by atoms with van der Waals surface area (Å²) in [5, 5.41) is 20.5. The monoisotopic (exact) mass is 373 g/mol. The number of hydrogen-bond acceptors (Lipinski definition) is 5. The fourth-order valence-corrected chi connectivity index (χ4v) is 2.58. The van der Waals surface area contributed by atoms with Gasteiger partial charge in [0, 0.05) is 5.56 Å². The van der Waals surface area contributed by atoms with E-state index in [-0.39, 0.29) is 12.5 Å². The standard InChI is InChI=1S/C17H21F2NO6/c1-5-10(4)26-16(23)17(15(21)22,8-9(2)3)11-6-13(19)14(20(24)25)7-12(11)18/h6-7,9-10H,5,8H2,1-4H3,(H,21,22). The van der Waals surface area contributed by atoms with Crippen molar-refractivity contribution in [2.45, 2.75) is 52.1 Å². The van der Waals surface area contributed by atoms with Gasteiger partial charge in [-0.3, -0.25) is 19.7 Å². The van der Waals surface area contributed by atoms with Crippen LogP contribution in [0.15, 0.2) is 12.1 Å². The van der Waals surface area contributed by atoms with Crippen molar-refractivity contribution in [3.8, 4) is 0 Å². The molecule has 0 aliphatic heterocycles. The molecule has 0 aliphatic rings. The molecule has 0 spiro atoms. The number of ether oxygens (including phenoxy) is 1. The zero-order valence-corrected chi connectivity index (χ0v) is 14.9. The molecule has 2 unspecified atom stereocenters. The summed E-state index contributed by atoms with van der Waals surface area (Å²) >= 11 is 0. The van der Waals surface area contributed by atoms with E-state index < -0.39 is 57.2 Å². The number of carbonyl (C=O) groups excluding carboxylic acids is 1. The normalized spacial score (nSPS) is 14.6. The van der Waals surface area contributed by atoms with E-state index in [2.05, 4.69) is 0 Å². The Balaban J connectivity index is 3.69. The molecular weight excluding hydrogens is 352 g/mol. The Hall–Kier alpha value is -2.58. The molecule has 0 saturated heterocycles. The Morgan fingerprint density at radius 1 is 1.27 bits per heavy atom. The lowest BCUT2D eigenvalue weighted by atomic mass is 9.73. The molecule has 144 valence electrons. The number of aliphatic carboxylic acids is 1. The van der Waals surface area contributed by atoms with Crippen LogP contribution in [0.2, 0.25) is 0 Å². The Labute approximate surface area is 149 Å². The van der Waals surface area contributed by atoms with Crippen LogP contribution < -0.4 is 0 Å². The van der Waals surface area contributed by atoms with Gasteiger partial charge in [-0.25, -0.2) is 4.39 Å². The van der Waals surface area contributed by atoms with Crippen molar-refractivity contribution >= 4 is 17.6 Å².